The number of nitrogens with zero attached hydrogens (tertiary/aromatic N) is 4. The molecule has 0 atom stereocenters. The Kier molecular flexibility index (Phi) is 5.81. The molecule has 3 heterocycles. The van der Waals surface area contributed by atoms with E-state index in [1.165, 1.54) is 11.1 Å². The van der Waals surface area contributed by atoms with E-state index in [1.54, 1.807) is 0 Å². The Hall–Kier alpha value is -2.14. The van der Waals surface area contributed by atoms with E-state index in [0.717, 1.165) is 64.2 Å². The van der Waals surface area contributed by atoms with Gasteiger partial charge in [0.15, 0.2) is 0 Å². The molecule has 0 saturated carbocycles. The van der Waals surface area contributed by atoms with Gasteiger partial charge in [0, 0.05) is 38.4 Å². The van der Waals surface area contributed by atoms with Crippen LogP contribution in [0, 0.1) is 12.8 Å². The van der Waals surface area contributed by atoms with Gasteiger partial charge in [-0.3, -0.25) is 9.69 Å². The molecule has 0 spiro atoms. The van der Waals surface area contributed by atoms with Crippen LogP contribution in [0.2, 0.25) is 0 Å². The summed E-state index contributed by atoms with van der Waals surface area (Å²) < 4.78 is 2.08. The molecule has 2 aliphatic rings. The van der Waals surface area contributed by atoms with Crippen LogP contribution in [-0.4, -0.2) is 51.4 Å². The van der Waals surface area contributed by atoms with Crippen molar-refractivity contribution in [2.45, 2.75) is 45.1 Å². The number of aromatic nitrogens is 2. The van der Waals surface area contributed by atoms with Crippen molar-refractivity contribution < 1.29 is 4.79 Å². The lowest BCUT2D eigenvalue weighted by Gasteiger charge is -2.37. The number of hydrogen-bond acceptors (Lipinski definition) is 3. The van der Waals surface area contributed by atoms with Crippen molar-refractivity contribution in [3.8, 4) is 0 Å². The van der Waals surface area contributed by atoms with Crippen LogP contribution in [0.3, 0.4) is 0 Å². The summed E-state index contributed by atoms with van der Waals surface area (Å²) in [6.45, 7) is 6.88. The standard InChI is InChI=1S/C23H32N4O/c1-18-5-3-4-6-21(18)19-9-14-27(15-10-19)23(28)20-7-12-26(13-8-20)17-22-24-11-16-25(22)2/h3-6,11,16,19-20H,7-10,12-15,17H2,1-2H3. The van der Waals surface area contributed by atoms with Crippen LogP contribution < -0.4 is 0 Å². The van der Waals surface area contributed by atoms with Crippen molar-refractivity contribution in [2.75, 3.05) is 26.2 Å². The Balaban J connectivity index is 1.26. The minimum Gasteiger partial charge on any atom is -0.342 e. The highest BCUT2D eigenvalue weighted by atomic mass is 16.2. The molecule has 0 unspecified atom stereocenters. The van der Waals surface area contributed by atoms with E-state index in [2.05, 4.69) is 50.5 Å². The first-order valence-electron chi connectivity index (χ1n) is 10.6. The highest BCUT2D eigenvalue weighted by Gasteiger charge is 2.31. The highest BCUT2D eigenvalue weighted by Crippen LogP contribution is 2.31. The van der Waals surface area contributed by atoms with Gasteiger partial charge in [-0.2, -0.15) is 0 Å². The molecule has 5 nitrogen and oxygen atoms in total. The summed E-state index contributed by atoms with van der Waals surface area (Å²) in [5, 5.41) is 0. The molecular weight excluding hydrogens is 348 g/mol. The van der Waals surface area contributed by atoms with Crippen LogP contribution >= 0.6 is 0 Å². The van der Waals surface area contributed by atoms with Gasteiger partial charge in [-0.05, 0) is 62.7 Å². The molecule has 0 N–H and O–H groups in total. The van der Waals surface area contributed by atoms with Crippen LogP contribution in [-0.2, 0) is 18.4 Å². The fourth-order valence-electron chi connectivity index (χ4n) is 4.80. The molecule has 0 aliphatic carbocycles. The van der Waals surface area contributed by atoms with Crippen molar-refractivity contribution in [3.05, 3.63) is 53.6 Å². The van der Waals surface area contributed by atoms with Crippen molar-refractivity contribution >= 4 is 5.91 Å². The number of rotatable bonds is 4. The van der Waals surface area contributed by atoms with Gasteiger partial charge in [0.1, 0.15) is 5.82 Å². The third-order valence-electron chi connectivity index (χ3n) is 6.66. The Morgan fingerprint density at radius 1 is 1.07 bits per heavy atom. The van der Waals surface area contributed by atoms with E-state index in [-0.39, 0.29) is 5.92 Å². The minimum absolute atomic E-state index is 0.202. The third kappa shape index (κ3) is 4.14. The average molecular weight is 381 g/mol. The summed E-state index contributed by atoms with van der Waals surface area (Å²) in [5.74, 6) is 2.29. The lowest BCUT2D eigenvalue weighted by Crippen LogP contribution is -2.45. The van der Waals surface area contributed by atoms with E-state index in [9.17, 15) is 4.79 Å². The largest absolute Gasteiger partial charge is 0.342 e. The monoisotopic (exact) mass is 380 g/mol. The lowest BCUT2D eigenvalue weighted by molar-refractivity contribution is -0.138. The molecule has 2 aromatic rings. The summed E-state index contributed by atoms with van der Waals surface area (Å²) in [5.41, 5.74) is 2.85. The first kappa shape index (κ1) is 19.2. The van der Waals surface area contributed by atoms with Gasteiger partial charge >= 0.3 is 0 Å². The maximum absolute atomic E-state index is 13.0. The van der Waals surface area contributed by atoms with Gasteiger partial charge in [0.25, 0.3) is 0 Å². The number of carbonyl (C=O) groups is 1. The molecule has 2 aliphatic heterocycles. The first-order valence-corrected chi connectivity index (χ1v) is 10.6. The first-order chi connectivity index (χ1) is 13.6. The SMILES string of the molecule is Cc1ccccc1C1CCN(C(=O)C2CCN(Cc3nccn3C)CC2)CC1. The molecule has 150 valence electrons. The Morgan fingerprint density at radius 3 is 2.43 bits per heavy atom. The van der Waals surface area contributed by atoms with Crippen LogP contribution in [0.4, 0.5) is 0 Å². The molecule has 2 fully saturated rings. The number of benzene rings is 1. The number of likely N-dealkylation sites (tertiary alicyclic amines) is 2. The predicted molar refractivity (Wildman–Crippen MR) is 111 cm³/mol. The second-order valence-electron chi connectivity index (χ2n) is 8.46. The molecular formula is C23H32N4O. The number of piperidine rings is 2. The number of aryl methyl sites for hydroxylation is 2. The van der Waals surface area contributed by atoms with E-state index < -0.39 is 0 Å². The number of imidazole rings is 1. The molecule has 1 aromatic heterocycles. The maximum atomic E-state index is 13.0. The smallest absolute Gasteiger partial charge is 0.225 e. The molecule has 0 radical (unpaired) electrons. The van der Waals surface area contributed by atoms with E-state index in [4.69, 9.17) is 0 Å². The van der Waals surface area contributed by atoms with Crippen LogP contribution in [0.15, 0.2) is 36.7 Å². The van der Waals surface area contributed by atoms with Crippen molar-refractivity contribution in [1.29, 1.82) is 0 Å². The molecule has 1 amide bonds. The number of hydrogen-bond donors (Lipinski definition) is 0. The Morgan fingerprint density at radius 2 is 1.79 bits per heavy atom. The molecule has 28 heavy (non-hydrogen) atoms. The van der Waals surface area contributed by atoms with E-state index in [1.807, 2.05) is 19.4 Å². The van der Waals surface area contributed by atoms with E-state index in [0.29, 0.717) is 11.8 Å². The van der Waals surface area contributed by atoms with Crippen LogP contribution in [0.5, 0.6) is 0 Å². The quantitative estimate of drug-likeness (QED) is 0.817. The van der Waals surface area contributed by atoms with Gasteiger partial charge in [0.05, 0.1) is 6.54 Å². The number of amides is 1. The van der Waals surface area contributed by atoms with Crippen LogP contribution in [0.1, 0.15) is 48.6 Å². The number of carbonyl (C=O) groups excluding carboxylic acids is 1. The predicted octanol–water partition coefficient (Wildman–Crippen LogP) is 3.35. The Bertz CT molecular complexity index is 798. The van der Waals surface area contributed by atoms with E-state index >= 15 is 0 Å². The third-order valence-corrected chi connectivity index (χ3v) is 6.66. The molecule has 4 rings (SSSR count). The van der Waals surface area contributed by atoms with Gasteiger partial charge < -0.3 is 9.47 Å². The lowest BCUT2D eigenvalue weighted by atomic mass is 9.86. The zero-order valence-electron chi connectivity index (χ0n) is 17.2. The summed E-state index contributed by atoms with van der Waals surface area (Å²) in [4.78, 5) is 22.0. The van der Waals surface area contributed by atoms with Crippen molar-refractivity contribution in [3.63, 3.8) is 0 Å². The second kappa shape index (κ2) is 8.48. The fourth-order valence-corrected chi connectivity index (χ4v) is 4.80. The summed E-state index contributed by atoms with van der Waals surface area (Å²) >= 11 is 0. The average Bonchev–Trinajstić information content (AvgIpc) is 3.13. The molecule has 5 heteroatoms. The molecule has 1 aromatic carbocycles. The zero-order valence-corrected chi connectivity index (χ0v) is 17.2. The van der Waals surface area contributed by atoms with Crippen LogP contribution in [0.25, 0.3) is 0 Å². The van der Waals surface area contributed by atoms with Crippen molar-refractivity contribution in [2.24, 2.45) is 13.0 Å². The Labute approximate surface area is 168 Å². The fraction of sp³-hybridized carbons (Fsp3) is 0.565. The van der Waals surface area contributed by atoms with Gasteiger partial charge in [-0.25, -0.2) is 4.98 Å². The molecule has 2 saturated heterocycles. The second-order valence-corrected chi connectivity index (χ2v) is 8.46. The summed E-state index contributed by atoms with van der Waals surface area (Å²) in [6, 6.07) is 8.71. The maximum Gasteiger partial charge on any atom is 0.225 e. The zero-order chi connectivity index (χ0) is 19.5. The summed E-state index contributed by atoms with van der Waals surface area (Å²) in [6.07, 6.45) is 7.98. The topological polar surface area (TPSA) is 41.4 Å². The minimum atomic E-state index is 0.202. The van der Waals surface area contributed by atoms with Gasteiger partial charge in [0.2, 0.25) is 5.91 Å². The summed E-state index contributed by atoms with van der Waals surface area (Å²) in [7, 11) is 2.04. The highest BCUT2D eigenvalue weighted by molar-refractivity contribution is 5.79. The van der Waals surface area contributed by atoms with Gasteiger partial charge in [-0.1, -0.05) is 24.3 Å². The molecule has 0 bridgehead atoms. The normalized spacial score (nSPS) is 19.9. The van der Waals surface area contributed by atoms with Crippen molar-refractivity contribution in [1.82, 2.24) is 19.4 Å². The van der Waals surface area contributed by atoms with Gasteiger partial charge in [-0.15, -0.1) is 0 Å².